The third kappa shape index (κ3) is 3.78. The number of aliphatic carboxylic acids is 1. The molecule has 1 aromatic carbocycles. The molecule has 7 heteroatoms. The molecule has 1 aliphatic rings. The molecule has 0 saturated heterocycles. The molecule has 2 atom stereocenters. The van der Waals surface area contributed by atoms with E-state index < -0.39 is 17.8 Å². The van der Waals surface area contributed by atoms with Crippen LogP contribution in [-0.4, -0.2) is 24.1 Å². The zero-order valence-electron chi connectivity index (χ0n) is 15.6. The number of aryl methyl sites for hydroxylation is 1. The van der Waals surface area contributed by atoms with E-state index in [1.807, 2.05) is 37.3 Å². The number of carboxylic acids is 1. The van der Waals surface area contributed by atoms with Gasteiger partial charge >= 0.3 is 5.97 Å². The van der Waals surface area contributed by atoms with Gasteiger partial charge in [-0.15, -0.1) is 11.3 Å². The van der Waals surface area contributed by atoms with Gasteiger partial charge in [-0.2, -0.15) is 5.26 Å². The standard InChI is InChI=1S/C21H20N2O4S/c1-12-18(13-7-9-14(27-2)10-8-13)17(11-22)20(28-12)23-19(24)15-5-3-4-6-16(15)21(25)26/h3-4,7-10,15-16H,5-6H2,1-2H3,(H,23,24)(H,25,26). The molecule has 144 valence electrons. The molecular formula is C21H20N2O4S. The zero-order chi connectivity index (χ0) is 20.3. The largest absolute Gasteiger partial charge is 0.497 e. The van der Waals surface area contributed by atoms with Gasteiger partial charge in [0.25, 0.3) is 0 Å². The van der Waals surface area contributed by atoms with Crippen molar-refractivity contribution in [3.8, 4) is 22.9 Å². The lowest BCUT2D eigenvalue weighted by atomic mass is 9.82. The maximum atomic E-state index is 12.8. The van der Waals surface area contributed by atoms with E-state index in [0.717, 1.165) is 16.0 Å². The first kappa shape index (κ1) is 19.6. The van der Waals surface area contributed by atoms with Crippen LogP contribution in [0.15, 0.2) is 36.4 Å². The Kier molecular flexibility index (Phi) is 5.81. The van der Waals surface area contributed by atoms with E-state index in [1.165, 1.54) is 11.3 Å². The van der Waals surface area contributed by atoms with Crippen molar-refractivity contribution in [3.05, 3.63) is 46.9 Å². The van der Waals surface area contributed by atoms with Gasteiger partial charge in [0, 0.05) is 10.4 Å². The Morgan fingerprint density at radius 1 is 1.21 bits per heavy atom. The summed E-state index contributed by atoms with van der Waals surface area (Å²) >= 11 is 1.32. The smallest absolute Gasteiger partial charge is 0.307 e. The Labute approximate surface area is 167 Å². The van der Waals surface area contributed by atoms with E-state index in [1.54, 1.807) is 13.2 Å². The van der Waals surface area contributed by atoms with Gasteiger partial charge in [0.2, 0.25) is 5.91 Å². The summed E-state index contributed by atoms with van der Waals surface area (Å²) in [5.41, 5.74) is 2.01. The average Bonchev–Trinajstić information content (AvgIpc) is 3.02. The Morgan fingerprint density at radius 3 is 2.43 bits per heavy atom. The summed E-state index contributed by atoms with van der Waals surface area (Å²) < 4.78 is 5.17. The molecule has 28 heavy (non-hydrogen) atoms. The fourth-order valence-corrected chi connectivity index (χ4v) is 4.46. The van der Waals surface area contributed by atoms with Crippen LogP contribution in [0.3, 0.4) is 0 Å². The molecule has 0 fully saturated rings. The molecule has 6 nitrogen and oxygen atoms in total. The molecule has 0 aliphatic heterocycles. The number of carbonyl (C=O) groups is 2. The van der Waals surface area contributed by atoms with Crippen LogP contribution in [0.2, 0.25) is 0 Å². The molecule has 0 bridgehead atoms. The summed E-state index contributed by atoms with van der Waals surface area (Å²) in [6.45, 7) is 1.89. The lowest BCUT2D eigenvalue weighted by molar-refractivity contribution is -0.146. The van der Waals surface area contributed by atoms with Crippen molar-refractivity contribution in [3.63, 3.8) is 0 Å². The first-order valence-corrected chi connectivity index (χ1v) is 9.64. The summed E-state index contributed by atoms with van der Waals surface area (Å²) in [5, 5.41) is 22.4. The maximum Gasteiger partial charge on any atom is 0.307 e. The number of ether oxygens (including phenoxy) is 1. The summed E-state index contributed by atoms with van der Waals surface area (Å²) in [5.74, 6) is -2.03. The molecular weight excluding hydrogens is 376 g/mol. The number of benzene rings is 1. The second kappa shape index (κ2) is 8.28. The number of thiophene rings is 1. The van der Waals surface area contributed by atoms with Gasteiger partial charge in [0.15, 0.2) is 0 Å². The molecule has 0 saturated carbocycles. The van der Waals surface area contributed by atoms with Crippen LogP contribution in [0.5, 0.6) is 5.75 Å². The first-order chi connectivity index (χ1) is 13.5. The van der Waals surface area contributed by atoms with Crippen LogP contribution < -0.4 is 10.1 Å². The molecule has 1 aromatic heterocycles. The minimum atomic E-state index is -0.980. The third-order valence-electron chi connectivity index (χ3n) is 4.90. The van der Waals surface area contributed by atoms with Crippen LogP contribution >= 0.6 is 11.3 Å². The van der Waals surface area contributed by atoms with Gasteiger partial charge in [0.1, 0.15) is 16.8 Å². The highest BCUT2D eigenvalue weighted by Crippen LogP contribution is 2.40. The highest BCUT2D eigenvalue weighted by atomic mass is 32.1. The number of hydrogen-bond acceptors (Lipinski definition) is 5. The maximum absolute atomic E-state index is 12.8. The van der Waals surface area contributed by atoms with E-state index in [-0.39, 0.29) is 5.91 Å². The number of anilines is 1. The molecule has 1 amide bonds. The zero-order valence-corrected chi connectivity index (χ0v) is 16.4. The summed E-state index contributed by atoms with van der Waals surface area (Å²) in [4.78, 5) is 25.1. The van der Waals surface area contributed by atoms with Crippen molar-refractivity contribution >= 4 is 28.2 Å². The van der Waals surface area contributed by atoms with Crippen LogP contribution in [0.1, 0.15) is 23.3 Å². The van der Waals surface area contributed by atoms with E-state index >= 15 is 0 Å². The van der Waals surface area contributed by atoms with Crippen molar-refractivity contribution < 1.29 is 19.4 Å². The van der Waals surface area contributed by atoms with Crippen LogP contribution in [0.25, 0.3) is 11.1 Å². The van der Waals surface area contributed by atoms with Gasteiger partial charge in [-0.1, -0.05) is 24.3 Å². The van der Waals surface area contributed by atoms with Gasteiger partial charge in [-0.25, -0.2) is 0 Å². The number of carboxylic acid groups (broad SMARTS) is 1. The molecule has 1 aliphatic carbocycles. The Morgan fingerprint density at radius 2 is 1.86 bits per heavy atom. The van der Waals surface area contributed by atoms with Crippen molar-refractivity contribution in [2.45, 2.75) is 19.8 Å². The van der Waals surface area contributed by atoms with E-state index in [9.17, 15) is 20.0 Å². The number of nitrogens with zero attached hydrogens (tertiary/aromatic N) is 1. The van der Waals surface area contributed by atoms with Gasteiger partial charge < -0.3 is 15.2 Å². The normalized spacial score (nSPS) is 18.3. The lowest BCUT2D eigenvalue weighted by Gasteiger charge is -2.23. The molecule has 0 spiro atoms. The van der Waals surface area contributed by atoms with E-state index in [2.05, 4.69) is 11.4 Å². The monoisotopic (exact) mass is 396 g/mol. The lowest BCUT2D eigenvalue weighted by Crippen LogP contribution is -2.34. The molecule has 3 rings (SSSR count). The fraction of sp³-hybridized carbons (Fsp3) is 0.286. The number of amides is 1. The van der Waals surface area contributed by atoms with E-state index in [0.29, 0.717) is 29.2 Å². The minimum Gasteiger partial charge on any atom is -0.497 e. The van der Waals surface area contributed by atoms with E-state index in [4.69, 9.17) is 4.74 Å². The summed E-state index contributed by atoms with van der Waals surface area (Å²) in [7, 11) is 1.59. The molecule has 2 aromatic rings. The van der Waals surface area contributed by atoms with Crippen LogP contribution in [-0.2, 0) is 9.59 Å². The first-order valence-electron chi connectivity index (χ1n) is 8.82. The number of rotatable bonds is 5. The Hall–Kier alpha value is -3.11. The molecule has 0 radical (unpaired) electrons. The fourth-order valence-electron chi connectivity index (χ4n) is 3.43. The summed E-state index contributed by atoms with van der Waals surface area (Å²) in [6, 6.07) is 9.56. The molecule has 2 unspecified atom stereocenters. The number of carbonyl (C=O) groups excluding carboxylic acids is 1. The van der Waals surface area contributed by atoms with Crippen molar-refractivity contribution in [1.29, 1.82) is 5.26 Å². The van der Waals surface area contributed by atoms with Gasteiger partial charge in [-0.3, -0.25) is 9.59 Å². The van der Waals surface area contributed by atoms with Crippen molar-refractivity contribution in [2.75, 3.05) is 12.4 Å². The Bertz CT molecular complexity index is 970. The summed E-state index contributed by atoms with van der Waals surface area (Å²) in [6.07, 6.45) is 4.33. The number of allylic oxidation sites excluding steroid dienone is 2. The second-order valence-corrected chi connectivity index (χ2v) is 7.79. The van der Waals surface area contributed by atoms with Crippen LogP contribution in [0, 0.1) is 30.1 Å². The number of nitrogens with one attached hydrogen (secondary N) is 1. The third-order valence-corrected chi connectivity index (χ3v) is 5.92. The molecule has 2 N–H and O–H groups in total. The molecule has 1 heterocycles. The highest BCUT2D eigenvalue weighted by Gasteiger charge is 2.34. The SMILES string of the molecule is COc1ccc(-c2c(C)sc(NC(=O)C3CC=CCC3C(=O)O)c2C#N)cc1. The minimum absolute atomic E-state index is 0.332. The second-order valence-electron chi connectivity index (χ2n) is 6.56. The van der Waals surface area contributed by atoms with Crippen molar-refractivity contribution in [1.82, 2.24) is 0 Å². The number of nitriles is 1. The average molecular weight is 396 g/mol. The number of methoxy groups -OCH3 is 1. The number of hydrogen-bond donors (Lipinski definition) is 2. The van der Waals surface area contributed by atoms with Crippen LogP contribution in [0.4, 0.5) is 5.00 Å². The highest BCUT2D eigenvalue weighted by molar-refractivity contribution is 7.17. The van der Waals surface area contributed by atoms with Crippen molar-refractivity contribution in [2.24, 2.45) is 11.8 Å². The Balaban J connectivity index is 1.91. The predicted octanol–water partition coefficient (Wildman–Crippen LogP) is 4.21. The van der Waals surface area contributed by atoms with Gasteiger partial charge in [-0.05, 0) is 37.5 Å². The predicted molar refractivity (Wildman–Crippen MR) is 107 cm³/mol. The van der Waals surface area contributed by atoms with Gasteiger partial charge in [0.05, 0.1) is 24.5 Å². The quantitative estimate of drug-likeness (QED) is 0.738. The topological polar surface area (TPSA) is 99.4 Å².